The fourth-order valence-electron chi connectivity index (χ4n) is 2.62. The molecule has 2 N–H and O–H groups in total. The maximum atomic E-state index is 11.6. The molecule has 0 unspecified atom stereocenters. The van der Waals surface area contributed by atoms with E-state index in [1.807, 2.05) is 49.4 Å². The van der Waals surface area contributed by atoms with Gasteiger partial charge in [0, 0.05) is 11.3 Å². The molecule has 2 aromatic carbocycles. The molecule has 5 heteroatoms. The predicted octanol–water partition coefficient (Wildman–Crippen LogP) is 5.12. The number of aryl methyl sites for hydroxylation is 2. The van der Waals surface area contributed by atoms with Gasteiger partial charge in [0.25, 0.3) is 0 Å². The molecule has 0 bridgehead atoms. The lowest BCUT2D eigenvalue weighted by atomic mass is 10.1. The van der Waals surface area contributed by atoms with E-state index in [9.17, 15) is 9.90 Å². The summed E-state index contributed by atoms with van der Waals surface area (Å²) in [5.41, 5.74) is 4.61. The zero-order valence-electron chi connectivity index (χ0n) is 13.5. The predicted molar refractivity (Wildman–Crippen MR) is 98.3 cm³/mol. The molecule has 0 aliphatic rings. The first kappa shape index (κ1) is 16.2. The molecule has 0 saturated heterocycles. The first-order valence-corrected chi connectivity index (χ1v) is 8.57. The highest BCUT2D eigenvalue weighted by atomic mass is 32.1. The Labute approximate surface area is 144 Å². The second kappa shape index (κ2) is 6.84. The molecule has 0 aliphatic heterocycles. The third-order valence-corrected chi connectivity index (χ3v) is 4.80. The van der Waals surface area contributed by atoms with E-state index >= 15 is 0 Å². The van der Waals surface area contributed by atoms with Gasteiger partial charge in [-0.05, 0) is 24.5 Å². The number of para-hydroxylation sites is 1. The van der Waals surface area contributed by atoms with Gasteiger partial charge in [-0.3, -0.25) is 0 Å². The van der Waals surface area contributed by atoms with Crippen LogP contribution in [0.5, 0.6) is 0 Å². The Morgan fingerprint density at radius 1 is 1.17 bits per heavy atom. The molecule has 1 aromatic heterocycles. The summed E-state index contributed by atoms with van der Waals surface area (Å²) in [6.45, 7) is 4.13. The molecule has 0 saturated carbocycles. The average molecular weight is 338 g/mol. The molecule has 0 fully saturated rings. The zero-order chi connectivity index (χ0) is 17.1. The third kappa shape index (κ3) is 3.16. The zero-order valence-corrected chi connectivity index (χ0v) is 14.4. The normalized spacial score (nSPS) is 10.6. The quantitative estimate of drug-likeness (QED) is 0.677. The summed E-state index contributed by atoms with van der Waals surface area (Å²) in [6.07, 6.45) is 0.896. The molecule has 0 atom stereocenters. The van der Waals surface area contributed by atoms with E-state index in [2.05, 4.69) is 23.3 Å². The van der Waals surface area contributed by atoms with Gasteiger partial charge in [-0.2, -0.15) is 0 Å². The van der Waals surface area contributed by atoms with E-state index in [1.54, 1.807) is 0 Å². The first-order valence-electron chi connectivity index (χ1n) is 7.75. The van der Waals surface area contributed by atoms with Gasteiger partial charge >= 0.3 is 5.97 Å². The van der Waals surface area contributed by atoms with E-state index in [4.69, 9.17) is 0 Å². The number of carbonyl (C=O) groups is 1. The van der Waals surface area contributed by atoms with Crippen LogP contribution in [0.3, 0.4) is 0 Å². The van der Waals surface area contributed by atoms with Crippen LogP contribution in [0, 0.1) is 6.92 Å². The molecule has 0 aliphatic carbocycles. The molecular weight excluding hydrogens is 320 g/mol. The van der Waals surface area contributed by atoms with Crippen LogP contribution >= 0.6 is 11.3 Å². The standard InChI is InChI=1S/C19H18N2O2S/c1-3-13-11-7-8-12(2)15(13)20-19-21-16(17(24-19)18(22)23)14-9-5-4-6-10-14/h4-11H,3H2,1-2H3,(H,20,21)(H,22,23). The van der Waals surface area contributed by atoms with Crippen LogP contribution < -0.4 is 5.32 Å². The lowest BCUT2D eigenvalue weighted by Gasteiger charge is -2.11. The number of carboxylic acid groups (broad SMARTS) is 1. The van der Waals surface area contributed by atoms with Gasteiger partial charge in [0.1, 0.15) is 4.88 Å². The monoisotopic (exact) mass is 338 g/mol. The molecule has 1 heterocycles. The Kier molecular flexibility index (Phi) is 4.62. The molecule has 3 aromatic rings. The fourth-order valence-corrected chi connectivity index (χ4v) is 3.45. The smallest absolute Gasteiger partial charge is 0.348 e. The minimum absolute atomic E-state index is 0.246. The molecule has 4 nitrogen and oxygen atoms in total. The van der Waals surface area contributed by atoms with Gasteiger partial charge in [0.05, 0.1) is 5.69 Å². The lowest BCUT2D eigenvalue weighted by molar-refractivity contribution is 0.0702. The largest absolute Gasteiger partial charge is 0.477 e. The van der Waals surface area contributed by atoms with Crippen molar-refractivity contribution < 1.29 is 9.90 Å². The second-order valence-corrected chi connectivity index (χ2v) is 6.45. The molecule has 0 radical (unpaired) electrons. The van der Waals surface area contributed by atoms with Crippen LogP contribution in [-0.4, -0.2) is 16.1 Å². The number of nitrogens with one attached hydrogen (secondary N) is 1. The first-order chi connectivity index (χ1) is 11.6. The topological polar surface area (TPSA) is 62.2 Å². The minimum Gasteiger partial charge on any atom is -0.477 e. The van der Waals surface area contributed by atoms with Crippen molar-refractivity contribution >= 4 is 28.1 Å². The Balaban J connectivity index is 2.04. The maximum Gasteiger partial charge on any atom is 0.348 e. The maximum absolute atomic E-state index is 11.6. The van der Waals surface area contributed by atoms with Gasteiger partial charge in [-0.25, -0.2) is 9.78 Å². The van der Waals surface area contributed by atoms with Crippen LogP contribution in [0.2, 0.25) is 0 Å². The van der Waals surface area contributed by atoms with Crippen molar-refractivity contribution in [1.29, 1.82) is 0 Å². The summed E-state index contributed by atoms with van der Waals surface area (Å²) < 4.78 is 0. The van der Waals surface area contributed by atoms with Crippen LogP contribution in [0.15, 0.2) is 48.5 Å². The molecular formula is C19H18N2O2S. The summed E-state index contributed by atoms with van der Waals surface area (Å²) in [4.78, 5) is 16.4. The average Bonchev–Trinajstić information content (AvgIpc) is 3.02. The van der Waals surface area contributed by atoms with Crippen molar-refractivity contribution in [2.75, 3.05) is 5.32 Å². The summed E-state index contributed by atoms with van der Waals surface area (Å²) in [5.74, 6) is -0.958. The van der Waals surface area contributed by atoms with E-state index in [0.29, 0.717) is 10.8 Å². The van der Waals surface area contributed by atoms with Gasteiger partial charge in [-0.1, -0.05) is 66.8 Å². The highest BCUT2D eigenvalue weighted by Gasteiger charge is 2.19. The van der Waals surface area contributed by atoms with Crippen molar-refractivity contribution in [2.45, 2.75) is 20.3 Å². The van der Waals surface area contributed by atoms with Gasteiger partial charge in [0.2, 0.25) is 0 Å². The van der Waals surface area contributed by atoms with Gasteiger partial charge in [-0.15, -0.1) is 0 Å². The Morgan fingerprint density at radius 2 is 1.92 bits per heavy atom. The van der Waals surface area contributed by atoms with Crippen LogP contribution in [0.25, 0.3) is 11.3 Å². The fraction of sp³-hybridized carbons (Fsp3) is 0.158. The Hall–Kier alpha value is -2.66. The highest BCUT2D eigenvalue weighted by molar-refractivity contribution is 7.18. The number of aromatic carboxylic acids is 1. The summed E-state index contributed by atoms with van der Waals surface area (Å²) >= 11 is 1.16. The third-order valence-electron chi connectivity index (χ3n) is 3.84. The minimum atomic E-state index is -0.958. The second-order valence-electron chi connectivity index (χ2n) is 5.46. The number of rotatable bonds is 5. The number of thiazole rings is 1. The van der Waals surface area contributed by atoms with E-state index in [-0.39, 0.29) is 4.88 Å². The van der Waals surface area contributed by atoms with Crippen LogP contribution in [0.4, 0.5) is 10.8 Å². The van der Waals surface area contributed by atoms with Crippen molar-refractivity contribution in [2.24, 2.45) is 0 Å². The summed E-state index contributed by atoms with van der Waals surface area (Å²) in [6, 6.07) is 15.5. The molecule has 3 rings (SSSR count). The van der Waals surface area contributed by atoms with Crippen molar-refractivity contribution in [1.82, 2.24) is 4.98 Å². The van der Waals surface area contributed by atoms with E-state index in [1.165, 1.54) is 5.56 Å². The van der Waals surface area contributed by atoms with Crippen molar-refractivity contribution in [3.63, 3.8) is 0 Å². The molecule has 0 amide bonds. The van der Waals surface area contributed by atoms with E-state index < -0.39 is 5.97 Å². The number of hydrogen-bond acceptors (Lipinski definition) is 4. The number of benzene rings is 2. The SMILES string of the molecule is CCc1cccc(C)c1Nc1nc(-c2ccccc2)c(C(=O)O)s1. The van der Waals surface area contributed by atoms with Gasteiger partial charge < -0.3 is 10.4 Å². The van der Waals surface area contributed by atoms with Crippen molar-refractivity contribution in [3.05, 3.63) is 64.5 Å². The molecule has 122 valence electrons. The number of aromatic nitrogens is 1. The number of hydrogen-bond donors (Lipinski definition) is 2. The highest BCUT2D eigenvalue weighted by Crippen LogP contribution is 2.34. The molecule has 0 spiro atoms. The Morgan fingerprint density at radius 3 is 2.58 bits per heavy atom. The number of nitrogens with zero attached hydrogens (tertiary/aromatic N) is 1. The molecule has 24 heavy (non-hydrogen) atoms. The van der Waals surface area contributed by atoms with E-state index in [0.717, 1.165) is 34.6 Å². The van der Waals surface area contributed by atoms with Crippen molar-refractivity contribution in [3.8, 4) is 11.3 Å². The summed E-state index contributed by atoms with van der Waals surface area (Å²) in [7, 11) is 0. The Bertz CT molecular complexity index is 872. The van der Waals surface area contributed by atoms with Crippen LogP contribution in [-0.2, 0) is 6.42 Å². The van der Waals surface area contributed by atoms with Crippen LogP contribution in [0.1, 0.15) is 27.7 Å². The van der Waals surface area contributed by atoms with Gasteiger partial charge in [0.15, 0.2) is 5.13 Å². The lowest BCUT2D eigenvalue weighted by Crippen LogP contribution is -1.97. The number of carboxylic acids is 1. The summed E-state index contributed by atoms with van der Waals surface area (Å²) in [5, 5.41) is 13.4. The number of anilines is 2.